The van der Waals surface area contributed by atoms with E-state index < -0.39 is 17.9 Å². The summed E-state index contributed by atoms with van der Waals surface area (Å²) in [6.45, 7) is 3.96. The fraction of sp³-hybridized carbons (Fsp3) is 0.192. The van der Waals surface area contributed by atoms with Gasteiger partial charge in [-0.25, -0.2) is 0 Å². The van der Waals surface area contributed by atoms with Gasteiger partial charge in [-0.1, -0.05) is 41.9 Å². The standard InChI is InChI=1S/C26H26ClN3O4/c1-17-14-22(12-13-23(17)27)34-16-19-8-10-21(11-9-19)26(33)30-29-24(31)15-18(2)28-25(32)20-6-4-3-5-7-20/h3-14,18H,15-16H2,1-2H3,(H,28,32)(H,29,31)(H,30,33). The largest absolute Gasteiger partial charge is 0.489 e. The predicted molar refractivity (Wildman–Crippen MR) is 131 cm³/mol. The summed E-state index contributed by atoms with van der Waals surface area (Å²) in [5, 5.41) is 3.43. The van der Waals surface area contributed by atoms with Crippen molar-refractivity contribution in [3.8, 4) is 5.75 Å². The van der Waals surface area contributed by atoms with Gasteiger partial charge in [-0.05, 0) is 67.4 Å². The number of nitrogens with one attached hydrogen (secondary N) is 3. The average Bonchev–Trinajstić information content (AvgIpc) is 2.84. The number of hydrogen-bond donors (Lipinski definition) is 3. The minimum absolute atomic E-state index is 0.0132. The van der Waals surface area contributed by atoms with Crippen LogP contribution in [0.1, 0.15) is 45.2 Å². The molecule has 0 aromatic heterocycles. The highest BCUT2D eigenvalue weighted by Crippen LogP contribution is 2.21. The Morgan fingerprint density at radius 1 is 0.882 bits per heavy atom. The van der Waals surface area contributed by atoms with E-state index in [4.69, 9.17) is 16.3 Å². The molecule has 0 spiro atoms. The highest BCUT2D eigenvalue weighted by Gasteiger charge is 2.14. The molecule has 0 saturated carbocycles. The van der Waals surface area contributed by atoms with Crippen LogP contribution in [0.3, 0.4) is 0 Å². The number of aryl methyl sites for hydroxylation is 1. The molecular weight excluding hydrogens is 454 g/mol. The fourth-order valence-corrected chi connectivity index (χ4v) is 3.22. The fourth-order valence-electron chi connectivity index (χ4n) is 3.10. The molecule has 3 amide bonds. The second-order valence-electron chi connectivity index (χ2n) is 7.84. The first kappa shape index (κ1) is 24.8. The predicted octanol–water partition coefficient (Wildman–Crippen LogP) is 4.20. The molecule has 0 aliphatic heterocycles. The van der Waals surface area contributed by atoms with Crippen molar-refractivity contribution in [1.29, 1.82) is 0 Å². The van der Waals surface area contributed by atoms with Gasteiger partial charge in [-0.3, -0.25) is 25.2 Å². The van der Waals surface area contributed by atoms with Gasteiger partial charge < -0.3 is 10.1 Å². The van der Waals surface area contributed by atoms with Crippen molar-refractivity contribution in [3.05, 3.63) is 100 Å². The Hall–Kier alpha value is -3.84. The molecule has 8 heteroatoms. The van der Waals surface area contributed by atoms with E-state index in [1.165, 1.54) is 0 Å². The van der Waals surface area contributed by atoms with Crippen LogP contribution < -0.4 is 20.9 Å². The number of rotatable bonds is 8. The van der Waals surface area contributed by atoms with Crippen molar-refractivity contribution in [2.75, 3.05) is 0 Å². The molecule has 3 N–H and O–H groups in total. The molecule has 3 rings (SSSR count). The molecule has 3 aromatic rings. The zero-order valence-electron chi connectivity index (χ0n) is 18.9. The summed E-state index contributed by atoms with van der Waals surface area (Å²) in [6, 6.07) is 20.6. The summed E-state index contributed by atoms with van der Waals surface area (Å²) in [6.07, 6.45) is 0.0132. The second-order valence-corrected chi connectivity index (χ2v) is 8.25. The zero-order valence-corrected chi connectivity index (χ0v) is 19.7. The lowest BCUT2D eigenvalue weighted by Crippen LogP contribution is -2.44. The van der Waals surface area contributed by atoms with Crippen LogP contribution in [0.4, 0.5) is 0 Å². The van der Waals surface area contributed by atoms with Gasteiger partial charge in [-0.2, -0.15) is 0 Å². The molecule has 0 bridgehead atoms. The van der Waals surface area contributed by atoms with E-state index in [-0.39, 0.29) is 12.3 Å². The van der Waals surface area contributed by atoms with Crippen molar-refractivity contribution in [2.24, 2.45) is 0 Å². The molecule has 0 saturated heterocycles. The molecule has 7 nitrogen and oxygen atoms in total. The summed E-state index contributed by atoms with van der Waals surface area (Å²) in [4.78, 5) is 36.6. The van der Waals surface area contributed by atoms with Gasteiger partial charge in [0.1, 0.15) is 12.4 Å². The Morgan fingerprint density at radius 2 is 1.56 bits per heavy atom. The molecule has 176 valence electrons. The zero-order chi connectivity index (χ0) is 24.5. The van der Waals surface area contributed by atoms with Crippen molar-refractivity contribution < 1.29 is 19.1 Å². The Morgan fingerprint density at radius 3 is 2.24 bits per heavy atom. The van der Waals surface area contributed by atoms with Crippen LogP contribution in [0.5, 0.6) is 5.75 Å². The summed E-state index contributed by atoms with van der Waals surface area (Å²) in [5.74, 6) is -0.423. The number of halogens is 1. The SMILES string of the molecule is Cc1cc(OCc2ccc(C(=O)NNC(=O)CC(C)NC(=O)c3ccccc3)cc2)ccc1Cl. The van der Waals surface area contributed by atoms with E-state index in [1.807, 2.05) is 19.1 Å². The molecule has 0 heterocycles. The van der Waals surface area contributed by atoms with Crippen LogP contribution in [0.25, 0.3) is 0 Å². The highest BCUT2D eigenvalue weighted by molar-refractivity contribution is 6.31. The van der Waals surface area contributed by atoms with Crippen molar-refractivity contribution >= 4 is 29.3 Å². The lowest BCUT2D eigenvalue weighted by Gasteiger charge is -2.14. The molecule has 0 aliphatic carbocycles. The van der Waals surface area contributed by atoms with Crippen LogP contribution in [-0.4, -0.2) is 23.8 Å². The summed E-state index contributed by atoms with van der Waals surface area (Å²) in [7, 11) is 0. The summed E-state index contributed by atoms with van der Waals surface area (Å²) < 4.78 is 5.75. The lowest BCUT2D eigenvalue weighted by molar-refractivity contribution is -0.122. The van der Waals surface area contributed by atoms with Crippen molar-refractivity contribution in [1.82, 2.24) is 16.2 Å². The first-order valence-electron chi connectivity index (χ1n) is 10.7. The number of ether oxygens (including phenoxy) is 1. The van der Waals surface area contributed by atoms with Crippen molar-refractivity contribution in [3.63, 3.8) is 0 Å². The molecule has 1 atom stereocenters. The van der Waals surface area contributed by atoms with Crippen LogP contribution in [0.15, 0.2) is 72.8 Å². The molecule has 0 fully saturated rings. The van der Waals surface area contributed by atoms with E-state index in [9.17, 15) is 14.4 Å². The lowest BCUT2D eigenvalue weighted by atomic mass is 10.1. The summed E-state index contributed by atoms with van der Waals surface area (Å²) in [5.41, 5.74) is 7.47. The number of hydrazine groups is 1. The Balaban J connectivity index is 1.42. The molecular formula is C26H26ClN3O4. The summed E-state index contributed by atoms with van der Waals surface area (Å²) >= 11 is 6.02. The van der Waals surface area contributed by atoms with Gasteiger partial charge in [-0.15, -0.1) is 0 Å². The maximum atomic E-state index is 12.3. The Bertz CT molecular complexity index is 1150. The van der Waals surface area contributed by atoms with Gasteiger partial charge >= 0.3 is 0 Å². The van der Waals surface area contributed by atoms with Gasteiger partial charge in [0.05, 0.1) is 0 Å². The van der Waals surface area contributed by atoms with Gasteiger partial charge in [0.25, 0.3) is 11.8 Å². The van der Waals surface area contributed by atoms with Gasteiger partial charge in [0.15, 0.2) is 0 Å². The van der Waals surface area contributed by atoms with Crippen LogP contribution in [-0.2, 0) is 11.4 Å². The van der Waals surface area contributed by atoms with Gasteiger partial charge in [0, 0.05) is 28.6 Å². The first-order valence-corrected chi connectivity index (χ1v) is 11.1. The third-order valence-corrected chi connectivity index (χ3v) is 5.40. The smallest absolute Gasteiger partial charge is 0.269 e. The molecule has 1 unspecified atom stereocenters. The quantitative estimate of drug-likeness (QED) is 0.422. The number of carbonyl (C=O) groups excluding carboxylic acids is 3. The van der Waals surface area contributed by atoms with Crippen LogP contribution in [0.2, 0.25) is 5.02 Å². The third-order valence-electron chi connectivity index (χ3n) is 4.97. The minimum Gasteiger partial charge on any atom is -0.489 e. The Labute approximate surface area is 203 Å². The van der Waals surface area contributed by atoms with E-state index in [0.29, 0.717) is 28.5 Å². The normalized spacial score (nSPS) is 11.3. The minimum atomic E-state index is -0.449. The molecule has 34 heavy (non-hydrogen) atoms. The molecule has 0 radical (unpaired) electrons. The van der Waals surface area contributed by atoms with E-state index in [0.717, 1.165) is 11.1 Å². The number of hydrogen-bond acceptors (Lipinski definition) is 4. The maximum Gasteiger partial charge on any atom is 0.269 e. The van der Waals surface area contributed by atoms with Crippen molar-refractivity contribution in [2.45, 2.75) is 32.9 Å². The monoisotopic (exact) mass is 479 g/mol. The third kappa shape index (κ3) is 7.35. The van der Waals surface area contributed by atoms with E-state index in [1.54, 1.807) is 67.6 Å². The van der Waals surface area contributed by atoms with E-state index in [2.05, 4.69) is 16.2 Å². The average molecular weight is 480 g/mol. The first-order chi connectivity index (χ1) is 16.3. The second kappa shape index (κ2) is 11.9. The van der Waals surface area contributed by atoms with E-state index >= 15 is 0 Å². The molecule has 0 aliphatic rings. The number of carbonyl (C=O) groups is 3. The number of amides is 3. The van der Waals surface area contributed by atoms with Gasteiger partial charge in [0.2, 0.25) is 5.91 Å². The number of benzene rings is 3. The maximum absolute atomic E-state index is 12.3. The topological polar surface area (TPSA) is 96.5 Å². The molecule has 3 aromatic carbocycles. The highest BCUT2D eigenvalue weighted by atomic mass is 35.5. The Kier molecular flexibility index (Phi) is 8.65. The van der Waals surface area contributed by atoms with Crippen LogP contribution >= 0.6 is 11.6 Å². The van der Waals surface area contributed by atoms with Crippen LogP contribution in [0, 0.1) is 6.92 Å².